The second-order valence-corrected chi connectivity index (χ2v) is 5.13. The molecule has 0 aromatic rings. The monoisotopic (exact) mass is 283 g/mol. The molecule has 2 unspecified atom stereocenters. The number of ether oxygens (including phenoxy) is 2. The van der Waals surface area contributed by atoms with Crippen molar-refractivity contribution in [1.29, 1.82) is 0 Å². The van der Waals surface area contributed by atoms with E-state index in [9.17, 15) is 23.5 Å². The molecule has 0 aliphatic heterocycles. The van der Waals surface area contributed by atoms with Crippen LogP contribution in [-0.4, -0.2) is 47.9 Å². The van der Waals surface area contributed by atoms with E-state index in [1.165, 1.54) is 0 Å². The molecule has 0 saturated heterocycles. The number of hydrogen-bond acceptors (Lipinski definition) is 5. The third kappa shape index (κ3) is 5.37. The first kappa shape index (κ1) is 17.6. The highest BCUT2D eigenvalue weighted by Gasteiger charge is 2.47. The minimum Gasteiger partial charge on any atom is -0.467 e. The van der Waals surface area contributed by atoms with Gasteiger partial charge in [-0.2, -0.15) is 0 Å². The van der Waals surface area contributed by atoms with Gasteiger partial charge in [0.05, 0.1) is 7.11 Å². The molecule has 1 amide bonds. The molecule has 0 aromatic heterocycles. The molecular formula is C11H19F2NO5. The minimum atomic E-state index is -3.26. The van der Waals surface area contributed by atoms with Gasteiger partial charge in [-0.1, -0.05) is 0 Å². The molecule has 0 rings (SSSR count). The number of nitrogens with one attached hydrogen (secondary N) is 1. The number of aliphatic hydroxyl groups is 1. The average Bonchev–Trinajstić information content (AvgIpc) is 2.21. The fourth-order valence-corrected chi connectivity index (χ4v) is 1.11. The van der Waals surface area contributed by atoms with Gasteiger partial charge in [-0.3, -0.25) is 0 Å². The molecule has 0 bridgehead atoms. The van der Waals surface area contributed by atoms with Crippen molar-refractivity contribution in [2.45, 2.75) is 51.4 Å². The lowest BCUT2D eigenvalue weighted by Gasteiger charge is -2.31. The van der Waals surface area contributed by atoms with Crippen LogP contribution in [0.3, 0.4) is 0 Å². The summed E-state index contributed by atoms with van der Waals surface area (Å²) in [6.07, 6.45) is -4.37. The molecule has 0 radical (unpaired) electrons. The maximum absolute atomic E-state index is 12.7. The van der Waals surface area contributed by atoms with Crippen LogP contribution in [0.5, 0.6) is 0 Å². The van der Waals surface area contributed by atoms with E-state index in [0.717, 1.165) is 14.0 Å². The molecule has 0 aromatic carbocycles. The lowest BCUT2D eigenvalue weighted by Crippen LogP contribution is -2.60. The molecule has 6 nitrogen and oxygen atoms in total. The van der Waals surface area contributed by atoms with Crippen molar-refractivity contribution in [3.63, 3.8) is 0 Å². The van der Waals surface area contributed by atoms with E-state index in [1.54, 1.807) is 20.8 Å². The Morgan fingerprint density at radius 1 is 1.21 bits per heavy atom. The van der Waals surface area contributed by atoms with Gasteiger partial charge >= 0.3 is 12.1 Å². The van der Waals surface area contributed by atoms with Crippen LogP contribution in [0.4, 0.5) is 13.6 Å². The maximum atomic E-state index is 12.7. The third-order valence-electron chi connectivity index (χ3n) is 2.12. The zero-order valence-electron chi connectivity index (χ0n) is 11.5. The molecule has 19 heavy (non-hydrogen) atoms. The van der Waals surface area contributed by atoms with Crippen molar-refractivity contribution in [2.24, 2.45) is 0 Å². The van der Waals surface area contributed by atoms with Crippen LogP contribution in [0.1, 0.15) is 27.7 Å². The first-order chi connectivity index (χ1) is 8.41. The van der Waals surface area contributed by atoms with Crippen molar-refractivity contribution in [3.8, 4) is 0 Å². The number of alkyl halides is 2. The topological polar surface area (TPSA) is 84.9 Å². The van der Waals surface area contributed by atoms with Gasteiger partial charge in [0.15, 0.2) is 11.6 Å². The van der Waals surface area contributed by atoms with Crippen LogP contribution >= 0.6 is 0 Å². The first-order valence-corrected chi connectivity index (χ1v) is 5.49. The molecule has 112 valence electrons. The molecule has 0 spiro atoms. The zero-order chi connectivity index (χ0) is 15.4. The molecule has 8 heteroatoms. The summed E-state index contributed by atoms with van der Waals surface area (Å²) in [6, 6.07) is -1.94. The Morgan fingerprint density at radius 3 is 2.00 bits per heavy atom. The highest BCUT2D eigenvalue weighted by atomic mass is 19.3. The van der Waals surface area contributed by atoms with Gasteiger partial charge in [-0.05, 0) is 27.7 Å². The summed E-state index contributed by atoms with van der Waals surface area (Å²) in [4.78, 5) is 22.8. The Labute approximate surface area is 110 Å². The molecule has 0 aliphatic rings. The van der Waals surface area contributed by atoms with Gasteiger partial charge in [-0.15, -0.1) is 0 Å². The second-order valence-electron chi connectivity index (χ2n) is 5.13. The van der Waals surface area contributed by atoms with Crippen molar-refractivity contribution in [3.05, 3.63) is 0 Å². The second kappa shape index (κ2) is 6.14. The van der Waals surface area contributed by atoms with E-state index >= 15 is 0 Å². The summed E-state index contributed by atoms with van der Waals surface area (Å²) < 4.78 is 34.5. The Hall–Kier alpha value is -1.44. The van der Waals surface area contributed by atoms with E-state index in [0.29, 0.717) is 0 Å². The highest BCUT2D eigenvalue weighted by Crippen LogP contribution is 2.21. The van der Waals surface area contributed by atoms with E-state index in [4.69, 9.17) is 4.74 Å². The molecule has 0 heterocycles. The van der Waals surface area contributed by atoms with E-state index in [-0.39, 0.29) is 0 Å². The molecule has 2 N–H and O–H groups in total. The minimum absolute atomic E-state index is 0.719. The van der Waals surface area contributed by atoms with Gasteiger partial charge < -0.3 is 19.9 Å². The van der Waals surface area contributed by atoms with Gasteiger partial charge in [0.25, 0.3) is 6.43 Å². The molecule has 0 fully saturated rings. The largest absolute Gasteiger partial charge is 0.467 e. The van der Waals surface area contributed by atoms with Crippen molar-refractivity contribution in [2.75, 3.05) is 7.11 Å². The van der Waals surface area contributed by atoms with E-state index in [2.05, 4.69) is 4.74 Å². The average molecular weight is 283 g/mol. The molecule has 0 saturated carbocycles. The fourth-order valence-electron chi connectivity index (χ4n) is 1.11. The van der Waals surface area contributed by atoms with Crippen LogP contribution in [-0.2, 0) is 14.3 Å². The molecule has 2 atom stereocenters. The number of esters is 1. The van der Waals surface area contributed by atoms with Crippen molar-refractivity contribution >= 4 is 12.1 Å². The zero-order valence-corrected chi connectivity index (χ0v) is 11.5. The summed E-state index contributed by atoms with van der Waals surface area (Å²) in [5.41, 5.74) is -3.65. The Bertz CT molecular complexity index is 338. The number of methoxy groups -OCH3 is 1. The summed E-state index contributed by atoms with van der Waals surface area (Å²) in [5, 5.41) is 11.5. The van der Waals surface area contributed by atoms with Crippen LogP contribution in [0.25, 0.3) is 0 Å². The quantitative estimate of drug-likeness (QED) is 0.754. The predicted molar refractivity (Wildman–Crippen MR) is 61.8 cm³/mol. The van der Waals surface area contributed by atoms with Gasteiger partial charge in [0, 0.05) is 0 Å². The Kier molecular flexibility index (Phi) is 5.67. The SMILES string of the molecule is COC(=O)C(NC(=O)OC(C)(C)C)C(C)(O)C(F)F. The summed E-state index contributed by atoms with van der Waals surface area (Å²) in [7, 11) is 0.952. The number of alkyl carbamates (subject to hydrolysis) is 1. The van der Waals surface area contributed by atoms with Gasteiger partial charge in [0.1, 0.15) is 5.60 Å². The number of halogens is 2. The van der Waals surface area contributed by atoms with Crippen molar-refractivity contribution in [1.82, 2.24) is 5.32 Å². The number of carbonyl (C=O) groups excluding carboxylic acids is 2. The summed E-state index contributed by atoms with van der Waals surface area (Å²) in [5.74, 6) is -1.20. The smallest absolute Gasteiger partial charge is 0.408 e. The lowest BCUT2D eigenvalue weighted by atomic mass is 9.97. The maximum Gasteiger partial charge on any atom is 0.408 e. The number of amides is 1. The van der Waals surface area contributed by atoms with E-state index < -0.39 is 35.7 Å². The number of hydrogen-bond donors (Lipinski definition) is 2. The fraction of sp³-hybridized carbons (Fsp3) is 0.818. The summed E-state index contributed by atoms with van der Waals surface area (Å²) >= 11 is 0. The normalized spacial score (nSPS) is 16.5. The predicted octanol–water partition coefficient (Wildman–Crippen LogP) is 1.07. The Morgan fingerprint density at radius 2 is 1.68 bits per heavy atom. The van der Waals surface area contributed by atoms with Crippen LogP contribution in [0.2, 0.25) is 0 Å². The van der Waals surface area contributed by atoms with E-state index in [1.807, 2.05) is 5.32 Å². The van der Waals surface area contributed by atoms with Crippen LogP contribution in [0.15, 0.2) is 0 Å². The van der Waals surface area contributed by atoms with Crippen LogP contribution in [0, 0.1) is 0 Å². The molecular weight excluding hydrogens is 264 g/mol. The van der Waals surface area contributed by atoms with Crippen LogP contribution < -0.4 is 5.32 Å². The number of carbonyl (C=O) groups is 2. The lowest BCUT2D eigenvalue weighted by molar-refractivity contribution is -0.161. The molecule has 0 aliphatic carbocycles. The Balaban J connectivity index is 5.00. The third-order valence-corrected chi connectivity index (χ3v) is 2.12. The van der Waals surface area contributed by atoms with Gasteiger partial charge in [0.2, 0.25) is 0 Å². The first-order valence-electron chi connectivity index (χ1n) is 5.49. The van der Waals surface area contributed by atoms with Crippen molar-refractivity contribution < 1.29 is 33.0 Å². The summed E-state index contributed by atoms with van der Waals surface area (Å²) in [6.45, 7) is 5.40. The number of rotatable bonds is 4. The standard InChI is InChI=1S/C11H19F2NO5/c1-10(2,3)19-9(16)14-6(7(15)18-5)11(4,17)8(12)13/h6,8,17H,1-5H3,(H,14,16). The van der Waals surface area contributed by atoms with Gasteiger partial charge in [-0.25, -0.2) is 18.4 Å². The highest BCUT2D eigenvalue weighted by molar-refractivity contribution is 5.82.